The van der Waals surface area contributed by atoms with E-state index in [1.54, 1.807) is 0 Å². The number of nitrogens with one attached hydrogen (secondary N) is 1. The molecule has 3 nitrogen and oxygen atoms in total. The van der Waals surface area contributed by atoms with Gasteiger partial charge in [0.05, 0.1) is 11.9 Å². The molecule has 0 aliphatic rings. The Morgan fingerprint density at radius 1 is 1.24 bits per heavy atom. The lowest BCUT2D eigenvalue weighted by molar-refractivity contribution is 0.603. The summed E-state index contributed by atoms with van der Waals surface area (Å²) in [5, 5.41) is 7.63. The quantitative estimate of drug-likeness (QED) is 0.884. The molecule has 0 fully saturated rings. The average molecular weight is 252 g/mol. The maximum absolute atomic E-state index is 4.27. The fourth-order valence-corrected chi connectivity index (χ4v) is 1.61. The van der Waals surface area contributed by atoms with Crippen LogP contribution in [0.2, 0.25) is 0 Å². The first kappa shape index (κ1) is 13.6. The molecule has 1 aromatic heterocycles. The Balaban J connectivity index is 0.00000144. The lowest BCUT2D eigenvalue weighted by Gasteiger charge is -2.02. The third kappa shape index (κ3) is 4.11. The van der Waals surface area contributed by atoms with E-state index in [2.05, 4.69) is 41.6 Å². The van der Waals surface area contributed by atoms with E-state index in [0.29, 0.717) is 0 Å². The molecule has 0 aliphatic heterocycles. The summed E-state index contributed by atoms with van der Waals surface area (Å²) in [6, 6.07) is 10.4. The van der Waals surface area contributed by atoms with Gasteiger partial charge in [0.2, 0.25) is 0 Å². The first-order chi connectivity index (χ1) is 7.88. The van der Waals surface area contributed by atoms with Gasteiger partial charge in [0.25, 0.3) is 0 Å². The smallest absolute Gasteiger partial charge is 0.0729 e. The van der Waals surface area contributed by atoms with Crippen molar-refractivity contribution in [3.63, 3.8) is 0 Å². The highest BCUT2D eigenvalue weighted by molar-refractivity contribution is 5.85. The number of hydrogen-bond donors (Lipinski definition) is 1. The maximum Gasteiger partial charge on any atom is 0.0729 e. The molecule has 1 aromatic carbocycles. The van der Waals surface area contributed by atoms with Crippen molar-refractivity contribution in [2.75, 3.05) is 5.32 Å². The van der Waals surface area contributed by atoms with Gasteiger partial charge in [-0.05, 0) is 12.0 Å². The molecular formula is C13H18ClN3. The fourth-order valence-electron chi connectivity index (χ4n) is 1.61. The van der Waals surface area contributed by atoms with Crippen molar-refractivity contribution in [1.29, 1.82) is 0 Å². The normalized spacial score (nSPS) is 9.71. The van der Waals surface area contributed by atoms with Crippen LogP contribution in [0.5, 0.6) is 0 Å². The summed E-state index contributed by atoms with van der Waals surface area (Å²) in [7, 11) is 0. The molecule has 0 spiro atoms. The Labute approximate surface area is 108 Å². The lowest BCUT2D eigenvalue weighted by atomic mass is 10.2. The van der Waals surface area contributed by atoms with Crippen LogP contribution in [0.25, 0.3) is 0 Å². The molecule has 0 saturated heterocycles. The van der Waals surface area contributed by atoms with E-state index in [9.17, 15) is 0 Å². The van der Waals surface area contributed by atoms with Crippen LogP contribution in [-0.4, -0.2) is 9.78 Å². The molecule has 17 heavy (non-hydrogen) atoms. The van der Waals surface area contributed by atoms with Gasteiger partial charge in [0.1, 0.15) is 0 Å². The van der Waals surface area contributed by atoms with Gasteiger partial charge in [-0.25, -0.2) is 0 Å². The summed E-state index contributed by atoms with van der Waals surface area (Å²) in [4.78, 5) is 0. The minimum absolute atomic E-state index is 0. The average Bonchev–Trinajstić information content (AvgIpc) is 2.76. The van der Waals surface area contributed by atoms with E-state index in [4.69, 9.17) is 0 Å². The molecule has 92 valence electrons. The second kappa shape index (κ2) is 6.97. The number of anilines is 1. The van der Waals surface area contributed by atoms with Crippen molar-refractivity contribution in [2.45, 2.75) is 26.4 Å². The first-order valence-corrected chi connectivity index (χ1v) is 5.68. The van der Waals surface area contributed by atoms with Crippen LogP contribution in [0.1, 0.15) is 18.9 Å². The van der Waals surface area contributed by atoms with E-state index < -0.39 is 0 Å². The summed E-state index contributed by atoms with van der Waals surface area (Å²) >= 11 is 0. The fraction of sp³-hybridized carbons (Fsp3) is 0.308. The van der Waals surface area contributed by atoms with Crippen LogP contribution in [0.4, 0.5) is 5.69 Å². The van der Waals surface area contributed by atoms with Crippen LogP contribution >= 0.6 is 12.4 Å². The monoisotopic (exact) mass is 251 g/mol. The van der Waals surface area contributed by atoms with Crippen LogP contribution < -0.4 is 5.32 Å². The van der Waals surface area contributed by atoms with Gasteiger partial charge in [-0.3, -0.25) is 4.68 Å². The molecule has 1 N–H and O–H groups in total. The number of nitrogens with zero attached hydrogens (tertiary/aromatic N) is 2. The molecule has 0 amide bonds. The highest BCUT2D eigenvalue weighted by Crippen LogP contribution is 2.08. The Morgan fingerprint density at radius 2 is 2.00 bits per heavy atom. The number of rotatable bonds is 5. The van der Waals surface area contributed by atoms with Crippen LogP contribution in [0.3, 0.4) is 0 Å². The summed E-state index contributed by atoms with van der Waals surface area (Å²) in [5.74, 6) is 0. The molecule has 2 rings (SSSR count). The molecule has 2 aromatic rings. The van der Waals surface area contributed by atoms with Gasteiger partial charge in [0, 0.05) is 19.3 Å². The highest BCUT2D eigenvalue weighted by Gasteiger charge is 1.97. The number of aryl methyl sites for hydroxylation is 1. The predicted molar refractivity (Wildman–Crippen MR) is 73.5 cm³/mol. The van der Waals surface area contributed by atoms with Gasteiger partial charge < -0.3 is 5.32 Å². The Kier molecular flexibility index (Phi) is 5.57. The van der Waals surface area contributed by atoms with E-state index in [1.165, 1.54) is 5.56 Å². The maximum atomic E-state index is 4.27. The van der Waals surface area contributed by atoms with Gasteiger partial charge in [-0.1, -0.05) is 37.3 Å². The number of benzene rings is 1. The minimum atomic E-state index is 0. The third-order valence-electron chi connectivity index (χ3n) is 2.43. The van der Waals surface area contributed by atoms with E-state index in [1.807, 2.05) is 23.1 Å². The molecule has 0 saturated carbocycles. The van der Waals surface area contributed by atoms with Crippen LogP contribution in [-0.2, 0) is 13.1 Å². The number of halogens is 1. The molecule has 1 heterocycles. The molecule has 4 heteroatoms. The number of hydrogen-bond acceptors (Lipinski definition) is 2. The topological polar surface area (TPSA) is 29.9 Å². The first-order valence-electron chi connectivity index (χ1n) is 5.68. The number of aromatic nitrogens is 2. The standard InChI is InChI=1S/C13H17N3.ClH/c1-2-8-16-11-13(10-15-16)14-9-12-6-4-3-5-7-12;/h3-7,10-11,14H,2,8-9H2,1H3;1H. The predicted octanol–water partition coefficient (Wildman–Crippen LogP) is 3.33. The van der Waals surface area contributed by atoms with Gasteiger partial charge in [0.15, 0.2) is 0 Å². The highest BCUT2D eigenvalue weighted by atomic mass is 35.5. The zero-order chi connectivity index (χ0) is 11.2. The van der Waals surface area contributed by atoms with Crippen LogP contribution in [0.15, 0.2) is 42.7 Å². The molecular weight excluding hydrogens is 234 g/mol. The van der Waals surface area contributed by atoms with Crippen molar-refractivity contribution in [2.24, 2.45) is 0 Å². The van der Waals surface area contributed by atoms with Gasteiger partial charge >= 0.3 is 0 Å². The van der Waals surface area contributed by atoms with E-state index in [-0.39, 0.29) is 12.4 Å². The zero-order valence-corrected chi connectivity index (χ0v) is 10.8. The van der Waals surface area contributed by atoms with Crippen molar-refractivity contribution in [3.05, 3.63) is 48.3 Å². The second-order valence-electron chi connectivity index (χ2n) is 3.83. The summed E-state index contributed by atoms with van der Waals surface area (Å²) in [5.41, 5.74) is 2.36. The van der Waals surface area contributed by atoms with Crippen molar-refractivity contribution in [3.8, 4) is 0 Å². The SMILES string of the molecule is CCCn1cc(NCc2ccccc2)cn1.Cl. The van der Waals surface area contributed by atoms with E-state index >= 15 is 0 Å². The zero-order valence-electron chi connectivity index (χ0n) is 9.97. The summed E-state index contributed by atoms with van der Waals surface area (Å²) in [6.45, 7) is 3.98. The van der Waals surface area contributed by atoms with E-state index in [0.717, 1.165) is 25.2 Å². The van der Waals surface area contributed by atoms with Crippen molar-refractivity contribution < 1.29 is 0 Å². The molecule has 0 unspecified atom stereocenters. The largest absolute Gasteiger partial charge is 0.378 e. The molecule has 0 bridgehead atoms. The summed E-state index contributed by atoms with van der Waals surface area (Å²) in [6.07, 6.45) is 5.03. The Bertz CT molecular complexity index is 425. The van der Waals surface area contributed by atoms with Crippen LogP contribution in [0, 0.1) is 0 Å². The molecule has 0 radical (unpaired) electrons. The lowest BCUT2D eigenvalue weighted by Crippen LogP contribution is -1.98. The Morgan fingerprint density at radius 3 is 2.71 bits per heavy atom. The molecule has 0 aliphatic carbocycles. The third-order valence-corrected chi connectivity index (χ3v) is 2.43. The summed E-state index contributed by atoms with van der Waals surface area (Å²) < 4.78 is 1.97. The van der Waals surface area contributed by atoms with Gasteiger partial charge in [-0.15, -0.1) is 12.4 Å². The van der Waals surface area contributed by atoms with Gasteiger partial charge in [-0.2, -0.15) is 5.10 Å². The molecule has 0 atom stereocenters. The minimum Gasteiger partial charge on any atom is -0.378 e. The Hall–Kier alpha value is -1.48. The van der Waals surface area contributed by atoms with Crippen molar-refractivity contribution >= 4 is 18.1 Å². The van der Waals surface area contributed by atoms with Crippen molar-refractivity contribution in [1.82, 2.24) is 9.78 Å². The second-order valence-corrected chi connectivity index (χ2v) is 3.83.